The van der Waals surface area contributed by atoms with Crippen LogP contribution in [0.1, 0.15) is 128 Å². The van der Waals surface area contributed by atoms with Crippen LogP contribution in [-0.4, -0.2) is 29.2 Å². The van der Waals surface area contributed by atoms with Crippen LogP contribution in [0, 0.1) is 5.92 Å². The average Bonchev–Trinajstić information content (AvgIpc) is 3.15. The van der Waals surface area contributed by atoms with Crippen molar-refractivity contribution in [2.75, 3.05) is 0 Å². The van der Waals surface area contributed by atoms with Crippen molar-refractivity contribution in [2.45, 2.75) is 122 Å². The fraction of sp³-hybridized carbons (Fsp3) is 0.625. The summed E-state index contributed by atoms with van der Waals surface area (Å²) in [6, 6.07) is 14.7. The van der Waals surface area contributed by atoms with E-state index in [1.165, 1.54) is 46.2 Å². The second-order valence-corrected chi connectivity index (χ2v) is 13.0. The highest BCUT2D eigenvalue weighted by Crippen LogP contribution is 2.55. The largest absolute Gasteiger partial charge is 0.313 e. The fourth-order valence-electron chi connectivity index (χ4n) is 7.46. The van der Waals surface area contributed by atoms with Crippen LogP contribution in [0.15, 0.2) is 36.4 Å². The Labute approximate surface area is 215 Å². The topological polar surface area (TPSA) is 23.5 Å². The molecule has 1 saturated heterocycles. The van der Waals surface area contributed by atoms with Gasteiger partial charge in [0.15, 0.2) is 0 Å². The van der Waals surface area contributed by atoms with E-state index in [-0.39, 0.29) is 16.4 Å². The van der Waals surface area contributed by atoms with Gasteiger partial charge >= 0.3 is 0 Å². The zero-order valence-corrected chi connectivity index (χ0v) is 23.8. The van der Waals surface area contributed by atoms with Crippen molar-refractivity contribution in [1.82, 2.24) is 5.06 Å². The molecule has 1 aliphatic carbocycles. The van der Waals surface area contributed by atoms with Gasteiger partial charge in [-0.2, -0.15) is 5.06 Å². The lowest BCUT2D eigenvalue weighted by molar-refractivity contribution is -0.251. The van der Waals surface area contributed by atoms with Crippen molar-refractivity contribution in [3.05, 3.63) is 58.7 Å². The molecule has 0 saturated carbocycles. The summed E-state index contributed by atoms with van der Waals surface area (Å²) < 4.78 is 0. The highest BCUT2D eigenvalue weighted by molar-refractivity contribution is 6.16. The minimum absolute atomic E-state index is 0.210. The fourth-order valence-corrected chi connectivity index (χ4v) is 7.46. The molecule has 4 rings (SSSR count). The normalized spacial score (nSPS) is 21.8. The van der Waals surface area contributed by atoms with Crippen LogP contribution in [0.3, 0.4) is 0 Å². The number of piperidine rings is 1. The molecule has 1 fully saturated rings. The second-order valence-electron chi connectivity index (χ2n) is 13.0. The summed E-state index contributed by atoms with van der Waals surface area (Å²) in [6.07, 6.45) is 6.67. The zero-order chi connectivity index (χ0) is 25.8. The van der Waals surface area contributed by atoms with E-state index in [1.807, 2.05) is 0 Å². The lowest BCUT2D eigenvalue weighted by Gasteiger charge is -2.53. The molecule has 0 spiro atoms. The minimum Gasteiger partial charge on any atom is -0.313 e. The number of hydroxylamine groups is 2. The van der Waals surface area contributed by atoms with Crippen LogP contribution in [-0.2, 0) is 5.31 Å². The standard InChI is InChI=1S/C32H48BNO/c1-9-21(10-2)22-13-15-25-26-16-14-24(32(33,11-3)12-4)18-28(26)29(27(25)17-22)23-19-30(5,6)34(35)31(7,8)20-23/h13-18,21,23,29,35H,9-12,19-20,33H2,1-8H3. The maximum absolute atomic E-state index is 11.0. The van der Waals surface area contributed by atoms with Crippen LogP contribution in [0.2, 0.25) is 0 Å². The molecule has 0 aromatic heterocycles. The molecule has 1 unspecified atom stereocenters. The summed E-state index contributed by atoms with van der Waals surface area (Å²) in [5.41, 5.74) is 8.40. The first-order valence-corrected chi connectivity index (χ1v) is 14.2. The molecule has 2 aromatic rings. The zero-order valence-electron chi connectivity index (χ0n) is 23.8. The van der Waals surface area contributed by atoms with Gasteiger partial charge in [0.1, 0.15) is 7.85 Å². The molecule has 1 heterocycles. The Hall–Kier alpha value is -1.58. The summed E-state index contributed by atoms with van der Waals surface area (Å²) >= 11 is 0. The Kier molecular flexibility index (Phi) is 7.10. The molecule has 0 amide bonds. The molecule has 0 bridgehead atoms. The Morgan fingerprint density at radius 1 is 0.886 bits per heavy atom. The predicted molar refractivity (Wildman–Crippen MR) is 152 cm³/mol. The Morgan fingerprint density at radius 3 is 1.91 bits per heavy atom. The van der Waals surface area contributed by atoms with E-state index in [1.54, 1.807) is 5.06 Å². The minimum atomic E-state index is -0.249. The first-order valence-electron chi connectivity index (χ1n) is 14.2. The maximum Gasteiger partial charge on any atom is 0.115 e. The van der Waals surface area contributed by atoms with Gasteiger partial charge in [0.25, 0.3) is 0 Å². The van der Waals surface area contributed by atoms with Crippen molar-refractivity contribution in [2.24, 2.45) is 5.92 Å². The highest BCUT2D eigenvalue weighted by atomic mass is 16.5. The van der Waals surface area contributed by atoms with E-state index >= 15 is 0 Å². The Balaban J connectivity index is 1.90. The number of nitrogens with zero attached hydrogens (tertiary/aromatic N) is 1. The predicted octanol–water partition coefficient (Wildman–Crippen LogP) is 8.01. The molecule has 1 N–H and O–H groups in total. The summed E-state index contributed by atoms with van der Waals surface area (Å²) in [4.78, 5) is 0. The SMILES string of the molecule is BC(CC)(CC)c1ccc2c(c1)C(C1CC(C)(C)N(O)C(C)(C)C1)c1cc(C(CC)CC)ccc1-2. The van der Waals surface area contributed by atoms with Crippen molar-refractivity contribution < 1.29 is 5.21 Å². The molecule has 1 aliphatic heterocycles. The first-order chi connectivity index (χ1) is 16.4. The summed E-state index contributed by atoms with van der Waals surface area (Å²) in [5, 5.41) is 12.9. The van der Waals surface area contributed by atoms with Gasteiger partial charge in [-0.25, -0.2) is 0 Å². The van der Waals surface area contributed by atoms with E-state index in [0.29, 0.717) is 17.8 Å². The molecule has 2 nitrogen and oxygen atoms in total. The lowest BCUT2D eigenvalue weighted by atomic mass is 9.60. The van der Waals surface area contributed by atoms with Crippen molar-refractivity contribution >= 4 is 7.85 Å². The lowest BCUT2D eigenvalue weighted by Crippen LogP contribution is -2.59. The van der Waals surface area contributed by atoms with Gasteiger partial charge in [-0.1, -0.05) is 76.9 Å². The molecule has 2 aromatic carbocycles. The van der Waals surface area contributed by atoms with E-state index in [0.717, 1.165) is 25.7 Å². The van der Waals surface area contributed by atoms with Crippen LogP contribution < -0.4 is 0 Å². The molecule has 190 valence electrons. The number of hydrogen-bond acceptors (Lipinski definition) is 2. The smallest absolute Gasteiger partial charge is 0.115 e. The van der Waals surface area contributed by atoms with Crippen LogP contribution in [0.5, 0.6) is 0 Å². The van der Waals surface area contributed by atoms with Crippen LogP contribution >= 0.6 is 0 Å². The van der Waals surface area contributed by atoms with Crippen LogP contribution in [0.25, 0.3) is 11.1 Å². The van der Waals surface area contributed by atoms with Gasteiger partial charge in [-0.15, -0.1) is 0 Å². The second kappa shape index (κ2) is 9.38. The number of rotatable bonds is 7. The molecule has 0 radical (unpaired) electrons. The van der Waals surface area contributed by atoms with Crippen molar-refractivity contribution in [3.8, 4) is 11.1 Å². The van der Waals surface area contributed by atoms with Crippen LogP contribution in [0.4, 0.5) is 0 Å². The third kappa shape index (κ3) is 4.42. The van der Waals surface area contributed by atoms with Gasteiger partial charge in [-0.05, 0) is 104 Å². The van der Waals surface area contributed by atoms with E-state index in [4.69, 9.17) is 0 Å². The average molecular weight is 474 g/mol. The summed E-state index contributed by atoms with van der Waals surface area (Å²) in [6.45, 7) is 18.1. The number of benzene rings is 2. The molecular formula is C32H48BNO. The molecule has 2 aliphatic rings. The van der Waals surface area contributed by atoms with Gasteiger partial charge in [0.2, 0.25) is 0 Å². The molecule has 3 heteroatoms. The third-order valence-electron chi connectivity index (χ3n) is 9.94. The van der Waals surface area contributed by atoms with E-state index < -0.39 is 0 Å². The van der Waals surface area contributed by atoms with Gasteiger partial charge in [-0.3, -0.25) is 0 Å². The molecule has 35 heavy (non-hydrogen) atoms. The number of hydrogen-bond donors (Lipinski definition) is 1. The Morgan fingerprint density at radius 2 is 1.40 bits per heavy atom. The summed E-state index contributed by atoms with van der Waals surface area (Å²) in [7, 11) is 2.42. The first kappa shape index (κ1) is 26.5. The van der Waals surface area contributed by atoms with Crippen molar-refractivity contribution in [3.63, 3.8) is 0 Å². The van der Waals surface area contributed by atoms with Crippen molar-refractivity contribution in [1.29, 1.82) is 0 Å². The maximum atomic E-state index is 11.0. The Bertz CT molecular complexity index is 1050. The molecule has 1 atom stereocenters. The third-order valence-corrected chi connectivity index (χ3v) is 9.94. The quantitative estimate of drug-likeness (QED) is 0.412. The van der Waals surface area contributed by atoms with Gasteiger partial charge < -0.3 is 5.21 Å². The number of fused-ring (bicyclic) bond motifs is 3. The monoisotopic (exact) mass is 473 g/mol. The van der Waals surface area contributed by atoms with E-state index in [9.17, 15) is 5.21 Å². The van der Waals surface area contributed by atoms with Gasteiger partial charge in [0.05, 0.1) is 0 Å². The highest BCUT2D eigenvalue weighted by Gasteiger charge is 2.49. The van der Waals surface area contributed by atoms with E-state index in [2.05, 4.69) is 99.6 Å². The van der Waals surface area contributed by atoms with Gasteiger partial charge in [0, 0.05) is 17.0 Å². The molecular weight excluding hydrogens is 425 g/mol. The summed E-state index contributed by atoms with van der Waals surface area (Å²) in [5.74, 6) is 1.50.